The van der Waals surface area contributed by atoms with E-state index in [2.05, 4.69) is 0 Å². The second-order valence-corrected chi connectivity index (χ2v) is 7.92. The molecule has 1 fully saturated rings. The lowest BCUT2D eigenvalue weighted by molar-refractivity contribution is -0.141. The summed E-state index contributed by atoms with van der Waals surface area (Å²) in [6.45, 7) is 1.60. The van der Waals surface area contributed by atoms with Gasteiger partial charge in [-0.15, -0.1) is 0 Å². The fraction of sp³-hybridized carbons (Fsp3) is 0.500. The van der Waals surface area contributed by atoms with E-state index in [9.17, 15) is 18.0 Å². The van der Waals surface area contributed by atoms with Gasteiger partial charge in [-0.1, -0.05) is 0 Å². The van der Waals surface area contributed by atoms with E-state index >= 15 is 0 Å². The molecular weight excluding hydrogens is 364 g/mol. The third kappa shape index (κ3) is 3.91. The van der Waals surface area contributed by atoms with E-state index in [1.54, 1.807) is 6.07 Å². The Bertz CT molecular complexity index is 801. The number of fused-ring (bicyclic) bond motifs is 1. The van der Waals surface area contributed by atoms with E-state index in [-0.39, 0.29) is 49.8 Å². The van der Waals surface area contributed by atoms with Crippen molar-refractivity contribution in [2.45, 2.75) is 17.7 Å². The van der Waals surface area contributed by atoms with Gasteiger partial charge >= 0.3 is 5.97 Å². The summed E-state index contributed by atoms with van der Waals surface area (Å²) in [5.41, 5.74) is 0. The lowest BCUT2D eigenvalue weighted by Crippen LogP contribution is -2.50. The Kier molecular flexibility index (Phi) is 5.33. The number of rotatable bonds is 5. The minimum absolute atomic E-state index is 0.0791. The highest BCUT2D eigenvalue weighted by atomic mass is 32.2. The Balaban J connectivity index is 1.65. The molecule has 1 aromatic carbocycles. The van der Waals surface area contributed by atoms with Gasteiger partial charge in [0, 0.05) is 38.7 Å². The Labute approximate surface area is 151 Å². The SMILES string of the molecule is O=C(O)CCC(=O)N1CCN(S(=O)(=O)c2ccc3c(c2)OCCO3)CC1. The molecule has 2 heterocycles. The first-order valence-electron chi connectivity index (χ1n) is 8.27. The van der Waals surface area contributed by atoms with Gasteiger partial charge in [0.25, 0.3) is 0 Å². The quantitative estimate of drug-likeness (QED) is 0.769. The minimum atomic E-state index is -3.70. The second kappa shape index (κ2) is 7.50. The third-order valence-electron chi connectivity index (χ3n) is 4.30. The number of carboxylic acid groups (broad SMARTS) is 1. The zero-order valence-corrected chi connectivity index (χ0v) is 14.9. The number of carbonyl (C=O) groups excluding carboxylic acids is 1. The fourth-order valence-electron chi connectivity index (χ4n) is 2.88. The van der Waals surface area contributed by atoms with Gasteiger partial charge in [0.05, 0.1) is 11.3 Å². The van der Waals surface area contributed by atoms with Crippen LogP contribution in [-0.2, 0) is 19.6 Å². The number of sulfonamides is 1. The van der Waals surface area contributed by atoms with E-state index in [1.165, 1.54) is 21.3 Å². The normalized spacial score (nSPS) is 17.8. The Morgan fingerprint density at radius 2 is 1.65 bits per heavy atom. The average Bonchev–Trinajstić information content (AvgIpc) is 2.65. The Morgan fingerprint density at radius 1 is 1.00 bits per heavy atom. The maximum absolute atomic E-state index is 12.8. The van der Waals surface area contributed by atoms with Crippen molar-refractivity contribution in [3.63, 3.8) is 0 Å². The summed E-state index contributed by atoms with van der Waals surface area (Å²) in [7, 11) is -3.70. The summed E-state index contributed by atoms with van der Waals surface area (Å²) in [6, 6.07) is 4.51. The van der Waals surface area contributed by atoms with Crippen LogP contribution in [0, 0.1) is 0 Å². The highest BCUT2D eigenvalue weighted by Crippen LogP contribution is 2.33. The largest absolute Gasteiger partial charge is 0.486 e. The molecule has 3 rings (SSSR count). The van der Waals surface area contributed by atoms with Crippen molar-refractivity contribution < 1.29 is 32.6 Å². The number of carboxylic acids is 1. The van der Waals surface area contributed by atoms with Crippen molar-refractivity contribution in [1.82, 2.24) is 9.21 Å². The summed E-state index contributed by atoms with van der Waals surface area (Å²) in [5.74, 6) is -0.384. The maximum atomic E-state index is 12.8. The van der Waals surface area contributed by atoms with E-state index in [0.717, 1.165) is 0 Å². The molecule has 1 saturated heterocycles. The smallest absolute Gasteiger partial charge is 0.303 e. The van der Waals surface area contributed by atoms with Crippen LogP contribution in [0.5, 0.6) is 11.5 Å². The monoisotopic (exact) mass is 384 g/mol. The predicted molar refractivity (Wildman–Crippen MR) is 89.6 cm³/mol. The number of hydrogen-bond donors (Lipinski definition) is 1. The maximum Gasteiger partial charge on any atom is 0.303 e. The number of nitrogens with zero attached hydrogens (tertiary/aromatic N) is 2. The van der Waals surface area contributed by atoms with Gasteiger partial charge < -0.3 is 19.5 Å². The van der Waals surface area contributed by atoms with Crippen molar-refractivity contribution in [1.29, 1.82) is 0 Å². The average molecular weight is 384 g/mol. The molecule has 2 aliphatic rings. The highest BCUT2D eigenvalue weighted by Gasteiger charge is 2.31. The van der Waals surface area contributed by atoms with Crippen molar-refractivity contribution in [2.75, 3.05) is 39.4 Å². The second-order valence-electron chi connectivity index (χ2n) is 5.98. The molecule has 1 aromatic rings. The molecule has 0 spiro atoms. The lowest BCUT2D eigenvalue weighted by atomic mass is 10.2. The first-order chi connectivity index (χ1) is 12.4. The van der Waals surface area contributed by atoms with Gasteiger partial charge in [-0.3, -0.25) is 9.59 Å². The molecule has 0 bridgehead atoms. The van der Waals surface area contributed by atoms with Crippen LogP contribution in [0.25, 0.3) is 0 Å². The third-order valence-corrected chi connectivity index (χ3v) is 6.19. The molecular formula is C16H20N2O7S. The number of piperazine rings is 1. The fourth-order valence-corrected chi connectivity index (χ4v) is 4.32. The molecule has 2 aliphatic heterocycles. The van der Waals surface area contributed by atoms with Crippen LogP contribution in [0.4, 0.5) is 0 Å². The van der Waals surface area contributed by atoms with E-state index < -0.39 is 16.0 Å². The van der Waals surface area contributed by atoms with Crippen LogP contribution in [0.3, 0.4) is 0 Å². The number of aliphatic carboxylic acids is 1. The van der Waals surface area contributed by atoms with Crippen molar-refractivity contribution in [3.05, 3.63) is 18.2 Å². The zero-order valence-electron chi connectivity index (χ0n) is 14.1. The summed E-state index contributed by atoms with van der Waals surface area (Å²) in [5, 5.41) is 8.64. The Hall–Kier alpha value is -2.33. The van der Waals surface area contributed by atoms with Gasteiger partial charge in [0.1, 0.15) is 13.2 Å². The van der Waals surface area contributed by atoms with E-state index in [1.807, 2.05) is 0 Å². The van der Waals surface area contributed by atoms with Gasteiger partial charge in [-0.2, -0.15) is 4.31 Å². The number of amides is 1. The van der Waals surface area contributed by atoms with Gasteiger partial charge in [0.2, 0.25) is 15.9 Å². The molecule has 9 nitrogen and oxygen atoms in total. The number of ether oxygens (including phenoxy) is 2. The standard InChI is InChI=1S/C16H20N2O7S/c19-15(3-4-16(20)21)17-5-7-18(8-6-17)26(22,23)12-1-2-13-14(11-12)25-10-9-24-13/h1-2,11H,3-10H2,(H,20,21). The summed E-state index contributed by atoms with van der Waals surface area (Å²) < 4.78 is 37.8. The molecule has 142 valence electrons. The van der Waals surface area contributed by atoms with Crippen LogP contribution in [0.1, 0.15) is 12.8 Å². The molecule has 0 saturated carbocycles. The lowest BCUT2D eigenvalue weighted by Gasteiger charge is -2.34. The predicted octanol–water partition coefficient (Wildman–Crippen LogP) is 0.156. The van der Waals surface area contributed by atoms with Crippen LogP contribution in [-0.4, -0.2) is 74.0 Å². The molecule has 26 heavy (non-hydrogen) atoms. The van der Waals surface area contributed by atoms with Gasteiger partial charge in [0.15, 0.2) is 11.5 Å². The molecule has 10 heteroatoms. The summed E-state index contributed by atoms with van der Waals surface area (Å²) in [4.78, 5) is 24.1. The van der Waals surface area contributed by atoms with Crippen LogP contribution in [0.2, 0.25) is 0 Å². The number of carbonyl (C=O) groups is 2. The van der Waals surface area contributed by atoms with Gasteiger partial charge in [-0.25, -0.2) is 8.42 Å². The van der Waals surface area contributed by atoms with Crippen LogP contribution >= 0.6 is 0 Å². The van der Waals surface area contributed by atoms with Crippen LogP contribution in [0.15, 0.2) is 23.1 Å². The Morgan fingerprint density at radius 3 is 2.31 bits per heavy atom. The highest BCUT2D eigenvalue weighted by molar-refractivity contribution is 7.89. The summed E-state index contributed by atoms with van der Waals surface area (Å²) >= 11 is 0. The number of hydrogen-bond acceptors (Lipinski definition) is 6. The molecule has 0 aliphatic carbocycles. The first-order valence-corrected chi connectivity index (χ1v) is 9.71. The molecule has 0 atom stereocenters. The van der Waals surface area contributed by atoms with E-state index in [4.69, 9.17) is 14.6 Å². The molecule has 0 unspecified atom stereocenters. The van der Waals surface area contributed by atoms with Crippen molar-refractivity contribution in [3.8, 4) is 11.5 Å². The van der Waals surface area contributed by atoms with E-state index in [0.29, 0.717) is 24.7 Å². The zero-order chi connectivity index (χ0) is 18.7. The van der Waals surface area contributed by atoms with Crippen molar-refractivity contribution in [2.24, 2.45) is 0 Å². The number of benzene rings is 1. The summed E-state index contributed by atoms with van der Waals surface area (Å²) in [6.07, 6.45) is -0.307. The topological polar surface area (TPSA) is 113 Å². The first kappa shape index (κ1) is 18.5. The van der Waals surface area contributed by atoms with Gasteiger partial charge in [-0.05, 0) is 12.1 Å². The molecule has 1 N–H and O–H groups in total. The molecule has 0 aromatic heterocycles. The minimum Gasteiger partial charge on any atom is -0.486 e. The molecule has 1 amide bonds. The van der Waals surface area contributed by atoms with Crippen LogP contribution < -0.4 is 9.47 Å². The molecule has 0 radical (unpaired) electrons. The van der Waals surface area contributed by atoms with Crippen molar-refractivity contribution >= 4 is 21.9 Å².